The topological polar surface area (TPSA) is 66.4 Å². The first-order valence-corrected chi connectivity index (χ1v) is 15.3. The summed E-state index contributed by atoms with van der Waals surface area (Å²) in [5.74, 6) is 0.0309. The third-order valence-corrected chi connectivity index (χ3v) is 8.77. The van der Waals surface area contributed by atoms with E-state index in [1.54, 1.807) is 0 Å². The molecule has 1 aromatic heterocycles. The molecule has 2 N–H and O–H groups in total. The van der Waals surface area contributed by atoms with Crippen molar-refractivity contribution in [3.8, 4) is 0 Å². The number of carbonyl (C=O) groups is 2. The predicted molar refractivity (Wildman–Crippen MR) is 174 cm³/mol. The zero-order valence-corrected chi connectivity index (χ0v) is 26.2. The zero-order valence-electron chi connectivity index (χ0n) is 26.2. The summed E-state index contributed by atoms with van der Waals surface area (Å²) in [6.45, 7) is 11.4. The van der Waals surface area contributed by atoms with Crippen molar-refractivity contribution in [1.82, 2.24) is 14.8 Å². The molecule has 2 amide bonds. The molecule has 4 aromatic rings. The van der Waals surface area contributed by atoms with E-state index >= 15 is 0 Å². The van der Waals surface area contributed by atoms with Crippen molar-refractivity contribution in [3.63, 3.8) is 0 Å². The Labute approximate surface area is 256 Å². The molecule has 1 aliphatic rings. The third kappa shape index (κ3) is 6.45. The summed E-state index contributed by atoms with van der Waals surface area (Å²) < 4.78 is 2.12. The number of aryl methyl sites for hydroxylation is 4. The third-order valence-electron chi connectivity index (χ3n) is 8.77. The molecule has 43 heavy (non-hydrogen) atoms. The quantitative estimate of drug-likeness (QED) is 0.220. The van der Waals surface area contributed by atoms with Gasteiger partial charge in [0.15, 0.2) is 0 Å². The molecule has 0 bridgehead atoms. The fraction of sp³-hybridized carbons (Fsp3) is 0.351. The lowest BCUT2D eigenvalue weighted by atomic mass is 9.80. The number of anilines is 1. The van der Waals surface area contributed by atoms with Gasteiger partial charge in [-0.1, -0.05) is 80.1 Å². The van der Waals surface area contributed by atoms with Crippen LogP contribution in [0.25, 0.3) is 0 Å². The van der Waals surface area contributed by atoms with Crippen LogP contribution in [-0.2, 0) is 18.3 Å². The van der Waals surface area contributed by atoms with Gasteiger partial charge in [0.1, 0.15) is 0 Å². The van der Waals surface area contributed by atoms with Crippen LogP contribution >= 0.6 is 0 Å². The van der Waals surface area contributed by atoms with E-state index in [0.717, 1.165) is 40.1 Å². The Morgan fingerprint density at radius 1 is 0.907 bits per heavy atom. The van der Waals surface area contributed by atoms with Crippen molar-refractivity contribution in [2.75, 3.05) is 18.4 Å². The van der Waals surface area contributed by atoms with Crippen LogP contribution in [0.2, 0.25) is 0 Å². The van der Waals surface area contributed by atoms with Gasteiger partial charge in [-0.2, -0.15) is 0 Å². The highest BCUT2D eigenvalue weighted by Crippen LogP contribution is 2.42. The average molecular weight is 577 g/mol. The number of nitrogens with zero attached hydrogens (tertiary/aromatic N) is 2. The van der Waals surface area contributed by atoms with Gasteiger partial charge in [0, 0.05) is 49.2 Å². The van der Waals surface area contributed by atoms with Gasteiger partial charge in [0.2, 0.25) is 5.91 Å². The van der Waals surface area contributed by atoms with Gasteiger partial charge < -0.3 is 20.1 Å². The largest absolute Gasteiger partial charge is 0.353 e. The number of carbonyl (C=O) groups excluding carboxylic acids is 2. The predicted octanol–water partition coefficient (Wildman–Crippen LogP) is 6.73. The van der Waals surface area contributed by atoms with E-state index in [4.69, 9.17) is 0 Å². The van der Waals surface area contributed by atoms with Crippen molar-refractivity contribution < 1.29 is 9.59 Å². The van der Waals surface area contributed by atoms with E-state index in [-0.39, 0.29) is 29.7 Å². The van der Waals surface area contributed by atoms with Gasteiger partial charge in [0.25, 0.3) is 5.91 Å². The molecule has 2 heterocycles. The Hall–Kier alpha value is -4.16. The van der Waals surface area contributed by atoms with E-state index < -0.39 is 6.04 Å². The maximum absolute atomic E-state index is 14.1. The lowest BCUT2D eigenvalue weighted by Gasteiger charge is -2.43. The summed E-state index contributed by atoms with van der Waals surface area (Å²) in [5.41, 5.74) is 8.23. The summed E-state index contributed by atoms with van der Waals surface area (Å²) in [6.07, 6.45) is 2.80. The molecule has 0 unspecified atom stereocenters. The monoisotopic (exact) mass is 576 g/mol. The van der Waals surface area contributed by atoms with Crippen LogP contribution in [0, 0.1) is 26.7 Å². The molecular formula is C37H44N4O2. The standard InChI is InChI=1S/C37H44N4O2/c1-24(2)33(36(42)39-34-26(4)21-25(3)22-27(34)5)38-23-31-29-15-10-11-16-30(29)37(43)41(20-18-28-13-8-7-9-14-28)35(31)32-17-12-19-40(32)6/h7-17,19,21-22,24,31,33,35,38H,18,20,23H2,1-6H3,(H,39,42)/t31-,33-,35+/m1/s1. The Kier molecular flexibility index (Phi) is 9.16. The first kappa shape index (κ1) is 30.3. The summed E-state index contributed by atoms with van der Waals surface area (Å²) >= 11 is 0. The van der Waals surface area contributed by atoms with Crippen molar-refractivity contribution in [3.05, 3.63) is 124 Å². The number of hydrogen-bond acceptors (Lipinski definition) is 3. The van der Waals surface area contributed by atoms with Crippen molar-refractivity contribution in [2.45, 2.75) is 59.0 Å². The van der Waals surface area contributed by atoms with Crippen LogP contribution in [0.5, 0.6) is 0 Å². The molecule has 3 aromatic carbocycles. The van der Waals surface area contributed by atoms with Gasteiger partial charge in [0.05, 0.1) is 12.1 Å². The van der Waals surface area contributed by atoms with Crippen LogP contribution in [0.3, 0.4) is 0 Å². The summed E-state index contributed by atoms with van der Waals surface area (Å²) in [6, 6.07) is 26.1. The minimum Gasteiger partial charge on any atom is -0.353 e. The number of nitrogens with one attached hydrogen (secondary N) is 2. The molecule has 0 saturated heterocycles. The van der Waals surface area contributed by atoms with Crippen LogP contribution in [0.4, 0.5) is 5.69 Å². The minimum absolute atomic E-state index is 0.0402. The molecule has 0 aliphatic carbocycles. The summed E-state index contributed by atoms with van der Waals surface area (Å²) in [5, 5.41) is 6.89. The van der Waals surface area contributed by atoms with E-state index in [9.17, 15) is 9.59 Å². The fourth-order valence-electron chi connectivity index (χ4n) is 6.65. The molecular weight excluding hydrogens is 532 g/mol. The fourth-order valence-corrected chi connectivity index (χ4v) is 6.65. The van der Waals surface area contributed by atoms with E-state index in [2.05, 4.69) is 72.4 Å². The van der Waals surface area contributed by atoms with Crippen LogP contribution in [0.1, 0.15) is 69.7 Å². The van der Waals surface area contributed by atoms with Gasteiger partial charge in [-0.15, -0.1) is 0 Å². The highest BCUT2D eigenvalue weighted by Gasteiger charge is 2.41. The number of amides is 2. The lowest BCUT2D eigenvalue weighted by Crippen LogP contribution is -2.50. The molecule has 0 fully saturated rings. The second-order valence-electron chi connectivity index (χ2n) is 12.3. The first-order chi connectivity index (χ1) is 20.7. The van der Waals surface area contributed by atoms with Crippen LogP contribution in [0.15, 0.2) is 85.1 Å². The second kappa shape index (κ2) is 13.0. The summed E-state index contributed by atoms with van der Waals surface area (Å²) in [4.78, 5) is 29.9. The Morgan fingerprint density at radius 3 is 2.23 bits per heavy atom. The van der Waals surface area contributed by atoms with E-state index in [1.165, 1.54) is 11.1 Å². The maximum Gasteiger partial charge on any atom is 0.254 e. The highest BCUT2D eigenvalue weighted by molar-refractivity contribution is 5.98. The van der Waals surface area contributed by atoms with Gasteiger partial charge in [-0.05, 0) is 73.6 Å². The van der Waals surface area contributed by atoms with Gasteiger partial charge in [-0.25, -0.2) is 0 Å². The maximum atomic E-state index is 14.1. The zero-order chi connectivity index (χ0) is 30.7. The Morgan fingerprint density at radius 2 is 1.58 bits per heavy atom. The molecule has 5 rings (SSSR count). The Balaban J connectivity index is 1.47. The van der Waals surface area contributed by atoms with E-state index in [0.29, 0.717) is 13.1 Å². The summed E-state index contributed by atoms with van der Waals surface area (Å²) in [7, 11) is 2.04. The normalized spacial score (nSPS) is 17.2. The molecule has 0 saturated carbocycles. The molecule has 0 spiro atoms. The number of benzene rings is 3. The first-order valence-electron chi connectivity index (χ1n) is 15.3. The number of fused-ring (bicyclic) bond motifs is 1. The number of hydrogen-bond donors (Lipinski definition) is 2. The molecule has 6 nitrogen and oxygen atoms in total. The highest BCUT2D eigenvalue weighted by atomic mass is 16.2. The molecule has 224 valence electrons. The van der Waals surface area contributed by atoms with Crippen LogP contribution < -0.4 is 10.6 Å². The Bertz CT molecular complexity index is 1570. The minimum atomic E-state index is -0.406. The van der Waals surface area contributed by atoms with Crippen molar-refractivity contribution in [2.24, 2.45) is 13.0 Å². The van der Waals surface area contributed by atoms with Crippen molar-refractivity contribution in [1.29, 1.82) is 0 Å². The second-order valence-corrected chi connectivity index (χ2v) is 12.3. The van der Waals surface area contributed by atoms with E-state index in [1.807, 2.05) is 74.5 Å². The smallest absolute Gasteiger partial charge is 0.254 e. The SMILES string of the molecule is Cc1cc(C)c(NC(=O)[C@H](NC[C@@H]2c3ccccc3C(=O)N(CCc3ccccc3)[C@@H]2c2cccn2C)C(C)C)c(C)c1. The molecule has 0 radical (unpaired) electrons. The van der Waals surface area contributed by atoms with Gasteiger partial charge >= 0.3 is 0 Å². The molecule has 3 atom stereocenters. The number of aromatic nitrogens is 1. The van der Waals surface area contributed by atoms with Crippen LogP contribution in [-0.4, -0.2) is 40.4 Å². The lowest BCUT2D eigenvalue weighted by molar-refractivity contribution is -0.119. The average Bonchev–Trinajstić information content (AvgIpc) is 3.40. The van der Waals surface area contributed by atoms with Crippen molar-refractivity contribution >= 4 is 17.5 Å². The number of rotatable bonds is 10. The molecule has 1 aliphatic heterocycles. The molecule has 6 heteroatoms. The van der Waals surface area contributed by atoms with Gasteiger partial charge in [-0.3, -0.25) is 9.59 Å².